The van der Waals surface area contributed by atoms with Crippen LogP contribution in [0.15, 0.2) is 153 Å². The SMILES string of the molecule is COc1ccc(CN2c3ccccc3S(c3ccccc3)(c3ccccc3)c3ccccc32)cc1. The van der Waals surface area contributed by atoms with Crippen molar-refractivity contribution in [3.05, 3.63) is 139 Å². The number of hydrogen-bond donors (Lipinski definition) is 0. The lowest BCUT2D eigenvalue weighted by Gasteiger charge is -2.50. The lowest BCUT2D eigenvalue weighted by Crippen LogP contribution is -2.25. The van der Waals surface area contributed by atoms with Gasteiger partial charge in [0.1, 0.15) is 5.75 Å². The second kappa shape index (κ2) is 9.01. The van der Waals surface area contributed by atoms with Gasteiger partial charge in [0.25, 0.3) is 0 Å². The zero-order valence-electron chi connectivity index (χ0n) is 19.7. The van der Waals surface area contributed by atoms with Crippen LogP contribution >= 0.6 is 10.0 Å². The molecule has 5 aromatic rings. The van der Waals surface area contributed by atoms with E-state index in [4.69, 9.17) is 4.74 Å². The molecule has 172 valence electrons. The van der Waals surface area contributed by atoms with Crippen LogP contribution in [0.2, 0.25) is 0 Å². The summed E-state index contributed by atoms with van der Waals surface area (Å²) in [4.78, 5) is 7.95. The van der Waals surface area contributed by atoms with Gasteiger partial charge < -0.3 is 9.64 Å². The maximum absolute atomic E-state index is 5.39. The summed E-state index contributed by atoms with van der Waals surface area (Å²) in [6.07, 6.45) is 0. The van der Waals surface area contributed by atoms with Crippen molar-refractivity contribution < 1.29 is 4.74 Å². The number of para-hydroxylation sites is 2. The Morgan fingerprint density at radius 1 is 0.543 bits per heavy atom. The average molecular weight is 474 g/mol. The van der Waals surface area contributed by atoms with Crippen LogP contribution in [0.5, 0.6) is 5.75 Å². The summed E-state index contributed by atoms with van der Waals surface area (Å²) < 4.78 is 5.39. The molecule has 5 aromatic carbocycles. The van der Waals surface area contributed by atoms with Crippen molar-refractivity contribution in [3.63, 3.8) is 0 Å². The predicted molar refractivity (Wildman–Crippen MR) is 145 cm³/mol. The number of fused-ring (bicyclic) bond motifs is 2. The Hall–Kier alpha value is -3.95. The van der Waals surface area contributed by atoms with E-state index in [0.29, 0.717) is 0 Å². The summed E-state index contributed by atoms with van der Waals surface area (Å²) in [7, 11) is 0.0388. The summed E-state index contributed by atoms with van der Waals surface area (Å²) >= 11 is 0. The second-order valence-corrected chi connectivity index (χ2v) is 11.7. The maximum Gasteiger partial charge on any atom is 0.118 e. The summed E-state index contributed by atoms with van der Waals surface area (Å²) in [6, 6.07) is 48.4. The molecule has 0 radical (unpaired) electrons. The molecule has 0 N–H and O–H groups in total. The minimum atomic E-state index is -1.67. The Morgan fingerprint density at radius 3 is 1.49 bits per heavy atom. The highest BCUT2D eigenvalue weighted by Gasteiger charge is 2.41. The second-order valence-electron chi connectivity index (χ2n) is 8.61. The number of benzene rings is 5. The highest BCUT2D eigenvalue weighted by molar-refractivity contribution is 8.34. The van der Waals surface area contributed by atoms with E-state index < -0.39 is 10.0 Å². The van der Waals surface area contributed by atoms with Crippen LogP contribution in [0, 0.1) is 0 Å². The first-order valence-electron chi connectivity index (χ1n) is 11.8. The molecule has 0 atom stereocenters. The number of methoxy groups -OCH3 is 1. The number of ether oxygens (including phenoxy) is 1. The molecule has 0 saturated carbocycles. The van der Waals surface area contributed by atoms with Gasteiger partial charge in [0, 0.05) is 26.1 Å². The monoisotopic (exact) mass is 473 g/mol. The molecular formula is C32H27NOS. The summed E-state index contributed by atoms with van der Waals surface area (Å²) in [6.45, 7) is 0.789. The third kappa shape index (κ3) is 3.51. The van der Waals surface area contributed by atoms with Gasteiger partial charge in [-0.05, 0) is 66.2 Å². The fourth-order valence-electron chi connectivity index (χ4n) is 5.10. The van der Waals surface area contributed by atoms with Gasteiger partial charge in [0.15, 0.2) is 0 Å². The van der Waals surface area contributed by atoms with Gasteiger partial charge >= 0.3 is 0 Å². The van der Waals surface area contributed by atoms with E-state index in [1.807, 2.05) is 12.1 Å². The topological polar surface area (TPSA) is 12.5 Å². The van der Waals surface area contributed by atoms with E-state index in [0.717, 1.165) is 12.3 Å². The molecule has 6 rings (SSSR count). The van der Waals surface area contributed by atoms with Gasteiger partial charge in [-0.1, -0.05) is 72.8 Å². The lowest BCUT2D eigenvalue weighted by atomic mass is 10.1. The molecule has 0 spiro atoms. The first-order chi connectivity index (χ1) is 17.3. The molecule has 0 aliphatic carbocycles. The van der Waals surface area contributed by atoms with E-state index in [-0.39, 0.29) is 0 Å². The van der Waals surface area contributed by atoms with Gasteiger partial charge in [0.2, 0.25) is 0 Å². The number of rotatable bonds is 5. The third-order valence-corrected chi connectivity index (χ3v) is 10.6. The molecular weight excluding hydrogens is 446 g/mol. The first kappa shape index (κ1) is 21.6. The standard InChI is InChI=1S/C32H27NOS/c1-34-26-22-20-25(21-23-26)24-33-29-16-8-10-18-31(29)35(27-12-4-2-5-13-27,28-14-6-3-7-15-28)32-19-11-9-17-30(32)33/h2-23H,24H2,1H3. The summed E-state index contributed by atoms with van der Waals surface area (Å²) in [5.74, 6) is 0.879. The van der Waals surface area contributed by atoms with Crippen molar-refractivity contribution in [3.8, 4) is 5.75 Å². The average Bonchev–Trinajstić information content (AvgIpc) is 2.94. The van der Waals surface area contributed by atoms with E-state index in [9.17, 15) is 0 Å². The van der Waals surface area contributed by atoms with E-state index >= 15 is 0 Å². The minimum Gasteiger partial charge on any atom is -0.497 e. The van der Waals surface area contributed by atoms with Gasteiger partial charge in [-0.2, -0.15) is 0 Å². The van der Waals surface area contributed by atoms with Crippen molar-refractivity contribution in [1.29, 1.82) is 0 Å². The van der Waals surface area contributed by atoms with Crippen molar-refractivity contribution in [2.24, 2.45) is 0 Å². The van der Waals surface area contributed by atoms with E-state index in [1.54, 1.807) is 7.11 Å². The number of nitrogens with zero attached hydrogens (tertiary/aromatic N) is 1. The quantitative estimate of drug-likeness (QED) is 0.253. The molecule has 0 unspecified atom stereocenters. The smallest absolute Gasteiger partial charge is 0.118 e. The van der Waals surface area contributed by atoms with E-state index in [2.05, 4.69) is 126 Å². The van der Waals surface area contributed by atoms with Crippen LogP contribution in [0.25, 0.3) is 0 Å². The van der Waals surface area contributed by atoms with Crippen molar-refractivity contribution >= 4 is 21.4 Å². The molecule has 35 heavy (non-hydrogen) atoms. The Balaban J connectivity index is 1.63. The molecule has 1 heterocycles. The van der Waals surface area contributed by atoms with Gasteiger partial charge in [-0.3, -0.25) is 0 Å². The first-order valence-corrected chi connectivity index (χ1v) is 13.5. The van der Waals surface area contributed by atoms with Crippen LogP contribution in [-0.4, -0.2) is 7.11 Å². The lowest BCUT2D eigenvalue weighted by molar-refractivity contribution is 0.414. The normalized spacial score (nSPS) is 14.5. The van der Waals surface area contributed by atoms with Gasteiger partial charge in [-0.15, -0.1) is 10.0 Å². The van der Waals surface area contributed by atoms with Gasteiger partial charge in [-0.25, -0.2) is 0 Å². The zero-order chi connectivity index (χ0) is 23.7. The van der Waals surface area contributed by atoms with Gasteiger partial charge in [0.05, 0.1) is 18.5 Å². The molecule has 0 bridgehead atoms. The van der Waals surface area contributed by atoms with Crippen molar-refractivity contribution in [2.75, 3.05) is 12.0 Å². The van der Waals surface area contributed by atoms with Crippen LogP contribution in [0.1, 0.15) is 5.56 Å². The van der Waals surface area contributed by atoms with Crippen LogP contribution in [0.4, 0.5) is 11.4 Å². The Kier molecular flexibility index (Phi) is 5.55. The Labute approximate surface area is 208 Å². The Bertz CT molecular complexity index is 1360. The molecule has 3 heteroatoms. The largest absolute Gasteiger partial charge is 0.497 e. The summed E-state index contributed by atoms with van der Waals surface area (Å²) in [5, 5.41) is 0. The van der Waals surface area contributed by atoms with Crippen molar-refractivity contribution in [1.82, 2.24) is 0 Å². The maximum atomic E-state index is 5.39. The molecule has 2 nitrogen and oxygen atoms in total. The molecule has 1 aliphatic heterocycles. The molecule has 1 aliphatic rings. The minimum absolute atomic E-state index is 0.789. The highest BCUT2D eigenvalue weighted by Crippen LogP contribution is 2.78. The predicted octanol–water partition coefficient (Wildman–Crippen LogP) is 8.69. The van der Waals surface area contributed by atoms with Crippen LogP contribution in [-0.2, 0) is 6.54 Å². The zero-order valence-corrected chi connectivity index (χ0v) is 20.5. The fraction of sp³-hybridized carbons (Fsp3) is 0.0625. The molecule has 0 fully saturated rings. The fourth-order valence-corrected chi connectivity index (χ4v) is 9.31. The highest BCUT2D eigenvalue weighted by atomic mass is 32.3. The van der Waals surface area contributed by atoms with Crippen LogP contribution < -0.4 is 9.64 Å². The summed E-state index contributed by atoms with van der Waals surface area (Å²) in [5.41, 5.74) is 3.78. The number of hydrogen-bond acceptors (Lipinski definition) is 2. The van der Waals surface area contributed by atoms with Crippen molar-refractivity contribution in [2.45, 2.75) is 26.1 Å². The molecule has 0 aromatic heterocycles. The number of anilines is 2. The van der Waals surface area contributed by atoms with Crippen LogP contribution in [0.3, 0.4) is 0 Å². The molecule has 0 saturated heterocycles. The third-order valence-electron chi connectivity index (χ3n) is 6.67. The Morgan fingerprint density at radius 2 is 1.00 bits per heavy atom. The van der Waals surface area contributed by atoms with E-state index in [1.165, 1.54) is 36.5 Å². The molecule has 0 amide bonds.